The Kier molecular flexibility index (Phi) is 10.1. The van der Waals surface area contributed by atoms with Gasteiger partial charge in [0, 0.05) is 19.5 Å². The van der Waals surface area contributed by atoms with E-state index >= 15 is 0 Å². The van der Waals surface area contributed by atoms with Crippen LogP contribution in [0.25, 0.3) is 0 Å². The second-order valence-corrected chi connectivity index (χ2v) is 11.3. The molecule has 1 atom stereocenters. The maximum Gasteiger partial charge on any atom is 0.244 e. The van der Waals surface area contributed by atoms with Gasteiger partial charge in [0.05, 0.1) is 22.0 Å². The van der Waals surface area contributed by atoms with Crippen molar-refractivity contribution < 1.29 is 22.4 Å². The Labute approximate surface area is 232 Å². The largest absolute Gasteiger partial charge is 0.355 e. The highest BCUT2D eigenvalue weighted by Gasteiger charge is 2.33. The van der Waals surface area contributed by atoms with E-state index in [1.54, 1.807) is 25.1 Å². The Balaban J connectivity index is 2.05. The number of likely N-dealkylation sites (N-methyl/N-ethyl adjacent to an activating group) is 1. The molecule has 0 saturated carbocycles. The fraction of sp³-hybridized carbons (Fsp3) is 0.259. The first kappa shape index (κ1) is 29.4. The van der Waals surface area contributed by atoms with Crippen LogP contribution in [0.3, 0.4) is 0 Å². The second kappa shape index (κ2) is 13.1. The molecule has 0 unspecified atom stereocenters. The lowest BCUT2D eigenvalue weighted by atomic mass is 10.0. The third-order valence-electron chi connectivity index (χ3n) is 5.73. The third-order valence-corrected chi connectivity index (χ3v) is 7.61. The van der Waals surface area contributed by atoms with E-state index in [1.165, 1.54) is 23.1 Å². The lowest BCUT2D eigenvalue weighted by Gasteiger charge is -2.33. The predicted octanol–water partition coefficient (Wildman–Crippen LogP) is 4.67. The highest BCUT2D eigenvalue weighted by Crippen LogP contribution is 2.25. The molecule has 38 heavy (non-hydrogen) atoms. The zero-order valence-corrected chi connectivity index (χ0v) is 23.2. The van der Waals surface area contributed by atoms with Gasteiger partial charge in [0.2, 0.25) is 21.8 Å². The number of hydrogen-bond donors (Lipinski definition) is 1. The van der Waals surface area contributed by atoms with Crippen LogP contribution in [0.4, 0.5) is 10.1 Å². The second-order valence-electron chi connectivity index (χ2n) is 8.62. The molecular formula is C27H28Cl2FN3O4S. The van der Waals surface area contributed by atoms with Gasteiger partial charge in [0.15, 0.2) is 0 Å². The van der Waals surface area contributed by atoms with Crippen molar-refractivity contribution in [1.82, 2.24) is 10.2 Å². The van der Waals surface area contributed by atoms with Gasteiger partial charge in [-0.2, -0.15) is 0 Å². The van der Waals surface area contributed by atoms with Gasteiger partial charge in [-0.05, 0) is 48.4 Å². The number of hydrogen-bond acceptors (Lipinski definition) is 4. The van der Waals surface area contributed by atoms with Crippen molar-refractivity contribution in [3.63, 3.8) is 0 Å². The molecule has 0 radical (unpaired) electrons. The fourth-order valence-corrected chi connectivity index (χ4v) is 5.09. The number of amides is 2. The van der Waals surface area contributed by atoms with Crippen LogP contribution < -0.4 is 9.62 Å². The zero-order chi connectivity index (χ0) is 27.9. The molecule has 7 nitrogen and oxygen atoms in total. The summed E-state index contributed by atoms with van der Waals surface area (Å²) in [7, 11) is -3.98. The molecule has 0 aliphatic rings. The van der Waals surface area contributed by atoms with E-state index in [0.29, 0.717) is 17.1 Å². The van der Waals surface area contributed by atoms with E-state index in [0.717, 1.165) is 22.2 Å². The van der Waals surface area contributed by atoms with E-state index in [1.807, 2.05) is 30.3 Å². The number of carbonyl (C=O) groups excluding carboxylic acids is 2. The number of nitrogens with one attached hydrogen (secondary N) is 1. The molecule has 3 aromatic rings. The number of sulfonamides is 1. The summed E-state index contributed by atoms with van der Waals surface area (Å²) in [6.07, 6.45) is 1.11. The highest BCUT2D eigenvalue weighted by molar-refractivity contribution is 7.92. The van der Waals surface area contributed by atoms with Crippen LogP contribution in [0.5, 0.6) is 0 Å². The maximum atomic E-state index is 13.9. The van der Waals surface area contributed by atoms with Crippen molar-refractivity contribution in [2.45, 2.75) is 25.9 Å². The van der Waals surface area contributed by atoms with Crippen molar-refractivity contribution in [2.24, 2.45) is 0 Å². The van der Waals surface area contributed by atoms with Crippen LogP contribution in [0, 0.1) is 5.82 Å². The molecule has 0 fully saturated rings. The smallest absolute Gasteiger partial charge is 0.244 e. The van der Waals surface area contributed by atoms with Crippen LogP contribution in [0.15, 0.2) is 72.8 Å². The molecule has 3 rings (SSSR count). The number of halogens is 3. The molecule has 3 aromatic carbocycles. The van der Waals surface area contributed by atoms with Crippen LogP contribution in [-0.2, 0) is 32.6 Å². The Bertz CT molecular complexity index is 1390. The minimum Gasteiger partial charge on any atom is -0.355 e. The van der Waals surface area contributed by atoms with Gasteiger partial charge in [-0.1, -0.05) is 65.7 Å². The molecule has 11 heteroatoms. The quantitative estimate of drug-likeness (QED) is 0.357. The molecule has 0 spiro atoms. The van der Waals surface area contributed by atoms with E-state index < -0.39 is 40.2 Å². The number of benzene rings is 3. The van der Waals surface area contributed by atoms with E-state index in [-0.39, 0.29) is 23.7 Å². The minimum atomic E-state index is -3.98. The van der Waals surface area contributed by atoms with Gasteiger partial charge in [0.1, 0.15) is 18.4 Å². The van der Waals surface area contributed by atoms with Crippen LogP contribution in [0.1, 0.15) is 18.1 Å². The molecule has 0 bridgehead atoms. The average Bonchev–Trinajstić information content (AvgIpc) is 2.86. The molecular weight excluding hydrogens is 552 g/mol. The summed E-state index contributed by atoms with van der Waals surface area (Å²) in [5.41, 5.74) is 1.39. The summed E-state index contributed by atoms with van der Waals surface area (Å²) in [4.78, 5) is 28.4. The number of carbonyl (C=O) groups is 2. The SMILES string of the molecule is CCNC(=O)[C@H](Cc1ccccc1)N(Cc1ccc(Cl)c(Cl)c1)C(=O)CN(c1cccc(F)c1)S(C)(=O)=O. The zero-order valence-electron chi connectivity index (χ0n) is 20.9. The van der Waals surface area contributed by atoms with E-state index in [2.05, 4.69) is 5.32 Å². The fourth-order valence-electron chi connectivity index (χ4n) is 3.93. The lowest BCUT2D eigenvalue weighted by molar-refractivity contribution is -0.140. The summed E-state index contributed by atoms with van der Waals surface area (Å²) in [6.45, 7) is 1.40. The lowest BCUT2D eigenvalue weighted by Crippen LogP contribution is -2.53. The monoisotopic (exact) mass is 579 g/mol. The first-order chi connectivity index (χ1) is 18.0. The van der Waals surface area contributed by atoms with Crippen molar-refractivity contribution in [2.75, 3.05) is 23.7 Å². The van der Waals surface area contributed by atoms with Gasteiger partial charge in [-0.25, -0.2) is 12.8 Å². The summed E-state index contributed by atoms with van der Waals surface area (Å²) in [5.74, 6) is -1.71. The van der Waals surface area contributed by atoms with Crippen molar-refractivity contribution in [3.05, 3.63) is 99.8 Å². The van der Waals surface area contributed by atoms with Crippen LogP contribution in [-0.4, -0.2) is 50.5 Å². The van der Waals surface area contributed by atoms with Crippen molar-refractivity contribution in [3.8, 4) is 0 Å². The van der Waals surface area contributed by atoms with Crippen molar-refractivity contribution >= 4 is 50.7 Å². The van der Waals surface area contributed by atoms with E-state index in [4.69, 9.17) is 23.2 Å². The Morgan fingerprint density at radius 3 is 2.26 bits per heavy atom. The average molecular weight is 581 g/mol. The highest BCUT2D eigenvalue weighted by atomic mass is 35.5. The maximum absolute atomic E-state index is 13.9. The molecule has 0 heterocycles. The number of nitrogens with zero attached hydrogens (tertiary/aromatic N) is 2. The Morgan fingerprint density at radius 1 is 0.947 bits per heavy atom. The molecule has 0 aromatic heterocycles. The first-order valence-electron chi connectivity index (χ1n) is 11.8. The minimum absolute atomic E-state index is 0.00652. The molecule has 202 valence electrons. The first-order valence-corrected chi connectivity index (χ1v) is 14.4. The Hall–Kier alpha value is -3.14. The number of rotatable bonds is 11. The molecule has 1 N–H and O–H groups in total. The van der Waals surface area contributed by atoms with Gasteiger partial charge in [-0.3, -0.25) is 13.9 Å². The van der Waals surface area contributed by atoms with Crippen molar-refractivity contribution in [1.29, 1.82) is 0 Å². The van der Waals surface area contributed by atoms with Crippen LogP contribution >= 0.6 is 23.2 Å². The standard InChI is InChI=1S/C27H28Cl2FN3O4S/c1-3-31-27(35)25(15-19-8-5-4-6-9-19)32(17-20-12-13-23(28)24(29)14-20)26(34)18-33(38(2,36)37)22-11-7-10-21(30)16-22/h4-14,16,25H,3,15,17-18H2,1-2H3,(H,31,35)/t25-/m0/s1. The van der Waals surface area contributed by atoms with Crippen LogP contribution in [0.2, 0.25) is 10.0 Å². The van der Waals surface area contributed by atoms with Gasteiger partial charge < -0.3 is 10.2 Å². The summed E-state index contributed by atoms with van der Waals surface area (Å²) in [5, 5.41) is 3.36. The normalized spacial score (nSPS) is 12.0. The molecule has 0 saturated heterocycles. The topological polar surface area (TPSA) is 86.8 Å². The summed E-state index contributed by atoms with van der Waals surface area (Å²) >= 11 is 12.3. The number of anilines is 1. The predicted molar refractivity (Wildman–Crippen MR) is 148 cm³/mol. The van der Waals surface area contributed by atoms with Gasteiger partial charge in [0.25, 0.3) is 0 Å². The molecule has 0 aliphatic carbocycles. The molecule has 2 amide bonds. The molecule has 0 aliphatic heterocycles. The van der Waals surface area contributed by atoms with Gasteiger partial charge in [-0.15, -0.1) is 0 Å². The summed E-state index contributed by atoms with van der Waals surface area (Å²) < 4.78 is 40.1. The van der Waals surface area contributed by atoms with Gasteiger partial charge >= 0.3 is 0 Å². The van der Waals surface area contributed by atoms with E-state index in [9.17, 15) is 22.4 Å². The Morgan fingerprint density at radius 2 is 1.66 bits per heavy atom. The third kappa shape index (κ3) is 7.93. The summed E-state index contributed by atoms with van der Waals surface area (Å²) in [6, 6.07) is 18.0.